The van der Waals surface area contributed by atoms with Gasteiger partial charge < -0.3 is 29.6 Å². The number of aliphatic hydroxyl groups excluding tert-OH is 1. The Morgan fingerprint density at radius 3 is 2.61 bits per heavy atom. The summed E-state index contributed by atoms with van der Waals surface area (Å²) < 4.78 is 14.8. The van der Waals surface area contributed by atoms with E-state index in [1.165, 1.54) is 0 Å². The first-order chi connectivity index (χ1) is 18.4. The SMILES string of the molecule is Cn1ccnc1SC[C@H]1C[C@@H](c2ccc(CO)cc2)O[C@@H](c2cccc(NC(=O)CCCCC(=O)O)c2)O1. The van der Waals surface area contributed by atoms with Gasteiger partial charge in [-0.3, -0.25) is 9.59 Å². The Hall–Kier alpha value is -3.18. The number of anilines is 1. The van der Waals surface area contributed by atoms with Crippen molar-refractivity contribution in [1.29, 1.82) is 0 Å². The number of carbonyl (C=O) groups excluding carboxylic acids is 1. The molecule has 2 heterocycles. The molecular formula is C28H33N3O6S. The predicted octanol–water partition coefficient (Wildman–Crippen LogP) is 4.83. The number of amides is 1. The number of hydrogen-bond acceptors (Lipinski definition) is 7. The van der Waals surface area contributed by atoms with Crippen molar-refractivity contribution >= 4 is 29.3 Å². The Bertz CT molecular complexity index is 1220. The molecule has 3 N–H and O–H groups in total. The van der Waals surface area contributed by atoms with Crippen LogP contribution in [0.15, 0.2) is 66.1 Å². The molecule has 10 heteroatoms. The van der Waals surface area contributed by atoms with Gasteiger partial charge in [0.05, 0.1) is 18.8 Å². The number of rotatable bonds is 12. The second kappa shape index (κ2) is 13.6. The summed E-state index contributed by atoms with van der Waals surface area (Å²) >= 11 is 1.63. The van der Waals surface area contributed by atoms with Crippen LogP contribution in [-0.4, -0.2) is 43.5 Å². The van der Waals surface area contributed by atoms with Crippen molar-refractivity contribution in [2.75, 3.05) is 11.1 Å². The molecule has 1 saturated heterocycles. The number of hydrogen-bond donors (Lipinski definition) is 3. The number of unbranched alkanes of at least 4 members (excludes halogenated alkanes) is 1. The summed E-state index contributed by atoms with van der Waals surface area (Å²) in [5.41, 5.74) is 3.27. The lowest BCUT2D eigenvalue weighted by atomic mass is 10.0. The Morgan fingerprint density at radius 2 is 1.89 bits per heavy atom. The number of benzene rings is 2. The number of imidazole rings is 1. The smallest absolute Gasteiger partial charge is 0.303 e. The van der Waals surface area contributed by atoms with Crippen molar-refractivity contribution in [1.82, 2.24) is 9.55 Å². The third-order valence-electron chi connectivity index (χ3n) is 6.28. The number of aliphatic carboxylic acids is 1. The lowest BCUT2D eigenvalue weighted by molar-refractivity contribution is -0.245. The molecule has 1 aliphatic heterocycles. The van der Waals surface area contributed by atoms with E-state index in [2.05, 4.69) is 10.3 Å². The highest BCUT2D eigenvalue weighted by Crippen LogP contribution is 2.39. The van der Waals surface area contributed by atoms with Crippen molar-refractivity contribution in [3.63, 3.8) is 0 Å². The Kier molecular flexibility index (Phi) is 9.94. The number of nitrogens with zero attached hydrogens (tertiary/aromatic N) is 2. The number of ether oxygens (including phenoxy) is 2. The fraction of sp³-hybridized carbons (Fsp3) is 0.393. The monoisotopic (exact) mass is 539 g/mol. The van der Waals surface area contributed by atoms with Crippen molar-refractivity contribution in [3.8, 4) is 0 Å². The number of thioether (sulfide) groups is 1. The Labute approximate surface area is 226 Å². The summed E-state index contributed by atoms with van der Waals surface area (Å²) in [4.78, 5) is 27.4. The third-order valence-corrected chi connectivity index (χ3v) is 7.47. The summed E-state index contributed by atoms with van der Waals surface area (Å²) in [6.45, 7) is -0.0153. The summed E-state index contributed by atoms with van der Waals surface area (Å²) in [5, 5.41) is 22.0. The fourth-order valence-corrected chi connectivity index (χ4v) is 5.18. The zero-order valence-corrected chi connectivity index (χ0v) is 22.1. The third kappa shape index (κ3) is 7.91. The van der Waals surface area contributed by atoms with Crippen LogP contribution in [-0.2, 0) is 32.7 Å². The fourth-order valence-electron chi connectivity index (χ4n) is 4.23. The first-order valence-corrected chi connectivity index (χ1v) is 13.6. The molecule has 1 amide bonds. The average Bonchev–Trinajstić information content (AvgIpc) is 3.34. The van der Waals surface area contributed by atoms with Gasteiger partial charge in [-0.05, 0) is 36.1 Å². The minimum absolute atomic E-state index is 0.0153. The molecule has 4 rings (SSSR count). The van der Waals surface area contributed by atoms with Crippen LogP contribution in [0.1, 0.15) is 61.2 Å². The van der Waals surface area contributed by atoms with Crippen LogP contribution < -0.4 is 5.32 Å². The van der Waals surface area contributed by atoms with Crippen LogP contribution in [0.5, 0.6) is 0 Å². The first kappa shape index (κ1) is 27.8. The van der Waals surface area contributed by atoms with Crippen LogP contribution in [0.25, 0.3) is 0 Å². The maximum atomic E-state index is 12.4. The van der Waals surface area contributed by atoms with Gasteiger partial charge in [-0.2, -0.15) is 0 Å². The van der Waals surface area contributed by atoms with Gasteiger partial charge in [0, 0.05) is 55.7 Å². The molecule has 38 heavy (non-hydrogen) atoms. The summed E-state index contributed by atoms with van der Waals surface area (Å²) in [6, 6.07) is 15.2. The largest absolute Gasteiger partial charge is 0.481 e. The van der Waals surface area contributed by atoms with Crippen LogP contribution in [0.4, 0.5) is 5.69 Å². The maximum Gasteiger partial charge on any atom is 0.303 e. The average molecular weight is 540 g/mol. The van der Waals surface area contributed by atoms with E-state index in [0.29, 0.717) is 30.7 Å². The van der Waals surface area contributed by atoms with Crippen LogP contribution in [0.3, 0.4) is 0 Å². The van der Waals surface area contributed by atoms with Crippen molar-refractivity contribution < 1.29 is 29.3 Å². The van der Waals surface area contributed by atoms with Gasteiger partial charge in [-0.15, -0.1) is 0 Å². The standard InChI is InChI=1S/C28H33N3O6S/c1-31-14-13-29-28(31)38-18-23-16-24(20-11-9-19(17-32)10-12-20)37-27(36-23)21-5-4-6-22(15-21)30-25(33)7-2-3-8-26(34)35/h4-6,9-15,23-24,27,32H,2-3,7-8,16-18H2,1H3,(H,30,33)(H,34,35)/t23-,24+,27+/m1/s1. The van der Waals surface area contributed by atoms with Gasteiger partial charge in [-0.25, -0.2) is 4.98 Å². The van der Waals surface area contributed by atoms with E-state index in [1.54, 1.807) is 24.0 Å². The summed E-state index contributed by atoms with van der Waals surface area (Å²) in [5.74, 6) is -0.322. The number of nitrogens with one attached hydrogen (secondary N) is 1. The number of aliphatic hydroxyl groups is 1. The molecule has 0 aliphatic carbocycles. The molecule has 3 atom stereocenters. The molecule has 0 radical (unpaired) electrons. The second-order valence-electron chi connectivity index (χ2n) is 9.26. The van der Waals surface area contributed by atoms with E-state index in [0.717, 1.165) is 21.8 Å². The van der Waals surface area contributed by atoms with E-state index in [4.69, 9.17) is 14.6 Å². The van der Waals surface area contributed by atoms with Gasteiger partial charge in [0.25, 0.3) is 0 Å². The molecule has 0 spiro atoms. The normalized spacial score (nSPS) is 19.3. The summed E-state index contributed by atoms with van der Waals surface area (Å²) in [6.07, 6.45) is 4.69. The topological polar surface area (TPSA) is 123 Å². The molecule has 1 aliphatic rings. The molecule has 202 valence electrons. The van der Waals surface area contributed by atoms with Crippen LogP contribution in [0.2, 0.25) is 0 Å². The minimum atomic E-state index is -0.857. The highest BCUT2D eigenvalue weighted by atomic mass is 32.2. The number of carboxylic acid groups (broad SMARTS) is 1. The van der Waals surface area contributed by atoms with E-state index >= 15 is 0 Å². The Morgan fingerprint density at radius 1 is 1.11 bits per heavy atom. The molecule has 0 bridgehead atoms. The predicted molar refractivity (Wildman–Crippen MR) is 144 cm³/mol. The number of aromatic nitrogens is 2. The molecule has 0 unspecified atom stereocenters. The number of aryl methyl sites for hydroxylation is 1. The van der Waals surface area contributed by atoms with Gasteiger partial charge in [0.1, 0.15) is 0 Å². The summed E-state index contributed by atoms with van der Waals surface area (Å²) in [7, 11) is 1.96. The number of carbonyl (C=O) groups is 2. The quantitative estimate of drug-likeness (QED) is 0.221. The van der Waals surface area contributed by atoms with E-state index in [1.807, 2.05) is 60.3 Å². The molecule has 3 aromatic rings. The van der Waals surface area contributed by atoms with E-state index in [-0.39, 0.29) is 37.6 Å². The zero-order chi connectivity index (χ0) is 26.9. The highest BCUT2D eigenvalue weighted by molar-refractivity contribution is 7.99. The van der Waals surface area contributed by atoms with Gasteiger partial charge in [0.2, 0.25) is 5.91 Å². The first-order valence-electron chi connectivity index (χ1n) is 12.6. The van der Waals surface area contributed by atoms with E-state index < -0.39 is 12.3 Å². The lowest BCUT2D eigenvalue weighted by Crippen LogP contribution is -2.31. The molecule has 1 aromatic heterocycles. The second-order valence-corrected chi connectivity index (χ2v) is 10.2. The van der Waals surface area contributed by atoms with E-state index in [9.17, 15) is 14.7 Å². The molecule has 2 aromatic carbocycles. The van der Waals surface area contributed by atoms with Crippen molar-refractivity contribution in [2.45, 2.75) is 62.4 Å². The maximum absolute atomic E-state index is 12.4. The van der Waals surface area contributed by atoms with Crippen LogP contribution >= 0.6 is 11.8 Å². The molecule has 1 fully saturated rings. The molecule has 0 saturated carbocycles. The van der Waals surface area contributed by atoms with Gasteiger partial charge in [0.15, 0.2) is 11.4 Å². The van der Waals surface area contributed by atoms with Gasteiger partial charge in [-0.1, -0.05) is 48.2 Å². The minimum Gasteiger partial charge on any atom is -0.481 e. The lowest BCUT2D eigenvalue weighted by Gasteiger charge is -2.36. The van der Waals surface area contributed by atoms with Gasteiger partial charge >= 0.3 is 5.97 Å². The molecular weight excluding hydrogens is 506 g/mol. The number of carboxylic acids is 1. The van der Waals surface area contributed by atoms with Crippen LogP contribution in [0, 0.1) is 0 Å². The molecule has 9 nitrogen and oxygen atoms in total. The zero-order valence-electron chi connectivity index (χ0n) is 21.3. The van der Waals surface area contributed by atoms with Crippen molar-refractivity contribution in [2.24, 2.45) is 7.05 Å². The van der Waals surface area contributed by atoms with Crippen molar-refractivity contribution in [3.05, 3.63) is 77.6 Å². The Balaban J connectivity index is 1.45. The highest BCUT2D eigenvalue weighted by Gasteiger charge is 2.32.